The summed E-state index contributed by atoms with van der Waals surface area (Å²) in [5.74, 6) is -0.828. The SMILES string of the molecule is Cc1ncsc1-c1ccc(CNC(=O)[C@@H]2C[C@@H](O)CN2C(=O)[C@@H](NC(=O)CCOCCOCCOCCC(=O)NCCN2CC(Nc3cc(C(=O)CC[C@H](O)CN4CCc5ccccc5C4)ncn3)C2)C(C)(C)C)cc1. The number of Topliss-reactive ketones (excluding diaryl/α,β-unsaturated/α-hetero) is 1. The Kier molecular flexibility index (Phi) is 21.8. The number of aromatic nitrogens is 3. The normalized spacial score (nSPS) is 17.8. The number of ketones is 1. The van der Waals surface area contributed by atoms with E-state index in [9.17, 15) is 34.2 Å². The van der Waals surface area contributed by atoms with Gasteiger partial charge < -0.3 is 50.6 Å². The summed E-state index contributed by atoms with van der Waals surface area (Å²) in [5, 5.41) is 33.3. The maximum atomic E-state index is 14.0. The fourth-order valence-corrected chi connectivity index (χ4v) is 10.3. The molecule has 0 saturated carbocycles. The molecule has 76 heavy (non-hydrogen) atoms. The van der Waals surface area contributed by atoms with E-state index in [-0.39, 0.29) is 94.7 Å². The standard InChI is InChI=1S/C55H76N10O10S/c1-37-51(76-36-60-37)40-11-9-38(10-12-40)29-57-53(71)46-27-44(67)34-65(46)54(72)52(55(2,3)4)62-50(70)17-22-74-24-26-75-25-23-73-21-16-49(69)56-18-20-64-31-42(32-64)61-48-28-45(58-35-59-48)47(68)14-13-43(66)33-63-19-15-39-7-5-6-8-41(39)30-63/h5-12,28,35-36,42-44,46,52,66-67H,13-27,29-34H2,1-4H3,(H,56,69)(H,57,71)(H,62,70)(H,58,59,61)/t43-,44+,46-,52+/m0/s1. The first kappa shape index (κ1) is 57.9. The lowest BCUT2D eigenvalue weighted by atomic mass is 9.85. The Labute approximate surface area is 449 Å². The number of hydrogen-bond acceptors (Lipinski definition) is 17. The lowest BCUT2D eigenvalue weighted by Crippen LogP contribution is -2.57. The minimum atomic E-state index is -0.943. The molecule has 0 aliphatic carbocycles. The van der Waals surface area contributed by atoms with E-state index < -0.39 is 35.6 Å². The van der Waals surface area contributed by atoms with Crippen molar-refractivity contribution in [3.8, 4) is 10.4 Å². The number of nitrogens with one attached hydrogen (secondary N) is 4. The number of aryl methyl sites for hydroxylation is 1. The lowest BCUT2D eigenvalue weighted by molar-refractivity contribution is -0.144. The van der Waals surface area contributed by atoms with Gasteiger partial charge in [0.1, 0.15) is 29.9 Å². The van der Waals surface area contributed by atoms with E-state index >= 15 is 0 Å². The second-order valence-corrected chi connectivity index (χ2v) is 21.7. The number of rotatable bonds is 29. The molecule has 0 spiro atoms. The summed E-state index contributed by atoms with van der Waals surface area (Å²) < 4.78 is 16.7. The van der Waals surface area contributed by atoms with Crippen molar-refractivity contribution in [2.45, 2.75) is 110 Å². The van der Waals surface area contributed by atoms with Crippen molar-refractivity contribution >= 4 is 46.6 Å². The molecule has 2 saturated heterocycles. The molecule has 21 heteroatoms. The average Bonchev–Trinajstić information content (AvgIpc) is 4.01. The second kappa shape index (κ2) is 28.6. The van der Waals surface area contributed by atoms with Crippen LogP contribution in [0.4, 0.5) is 5.82 Å². The molecule has 3 aliphatic heterocycles. The van der Waals surface area contributed by atoms with Crippen LogP contribution >= 0.6 is 11.3 Å². The molecule has 4 amide bonds. The van der Waals surface area contributed by atoms with Crippen molar-refractivity contribution in [1.29, 1.82) is 0 Å². The van der Waals surface area contributed by atoms with Gasteiger partial charge in [-0.15, -0.1) is 11.3 Å². The van der Waals surface area contributed by atoms with Gasteiger partial charge in [-0.1, -0.05) is 69.3 Å². The summed E-state index contributed by atoms with van der Waals surface area (Å²) in [7, 11) is 0. The maximum absolute atomic E-state index is 14.0. The number of benzene rings is 2. The van der Waals surface area contributed by atoms with Crippen LogP contribution in [0.15, 0.2) is 66.4 Å². The molecule has 0 bridgehead atoms. The Bertz CT molecular complexity index is 2540. The molecule has 0 radical (unpaired) electrons. The van der Waals surface area contributed by atoms with Crippen LogP contribution in [0.25, 0.3) is 10.4 Å². The van der Waals surface area contributed by atoms with E-state index in [0.29, 0.717) is 50.8 Å². The number of amides is 4. The maximum Gasteiger partial charge on any atom is 0.246 e. The van der Waals surface area contributed by atoms with E-state index in [1.165, 1.54) is 22.4 Å². The monoisotopic (exact) mass is 1070 g/mol. The molecule has 4 aromatic rings. The summed E-state index contributed by atoms with van der Waals surface area (Å²) >= 11 is 1.57. The third kappa shape index (κ3) is 17.6. The molecular formula is C55H76N10O10S. The van der Waals surface area contributed by atoms with Crippen LogP contribution in [-0.4, -0.2) is 185 Å². The van der Waals surface area contributed by atoms with Crippen LogP contribution in [0.5, 0.6) is 0 Å². The highest BCUT2D eigenvalue weighted by molar-refractivity contribution is 7.13. The number of carbonyl (C=O) groups excluding carboxylic acids is 5. The summed E-state index contributed by atoms with van der Waals surface area (Å²) in [6.07, 6.45) is 1.78. The number of nitrogens with zero attached hydrogens (tertiary/aromatic N) is 6. The molecule has 6 N–H and O–H groups in total. The zero-order valence-corrected chi connectivity index (χ0v) is 45.2. The number of thiazole rings is 1. The van der Waals surface area contributed by atoms with Crippen molar-refractivity contribution in [2.24, 2.45) is 5.41 Å². The Balaban J connectivity index is 0.675. The molecule has 3 aliphatic rings. The van der Waals surface area contributed by atoms with Crippen molar-refractivity contribution in [2.75, 3.05) is 90.8 Å². The molecule has 7 rings (SSSR count). The van der Waals surface area contributed by atoms with Gasteiger partial charge in [0.25, 0.3) is 0 Å². The molecule has 20 nitrogen and oxygen atoms in total. The average molecular weight is 1070 g/mol. The van der Waals surface area contributed by atoms with E-state index in [1.807, 2.05) is 63.5 Å². The summed E-state index contributed by atoms with van der Waals surface area (Å²) in [6.45, 7) is 14.2. The van der Waals surface area contributed by atoms with Crippen molar-refractivity contribution in [1.82, 2.24) is 45.6 Å². The molecular weight excluding hydrogens is 993 g/mol. The molecule has 2 fully saturated rings. The van der Waals surface area contributed by atoms with Crippen molar-refractivity contribution in [3.05, 3.63) is 94.5 Å². The third-order valence-corrected chi connectivity index (χ3v) is 14.8. The van der Waals surface area contributed by atoms with Crippen molar-refractivity contribution < 1.29 is 48.4 Å². The fourth-order valence-electron chi connectivity index (χ4n) is 9.49. The number of carbonyl (C=O) groups is 5. The van der Waals surface area contributed by atoms with Gasteiger partial charge in [0.2, 0.25) is 23.6 Å². The minimum Gasteiger partial charge on any atom is -0.392 e. The number of aliphatic hydroxyl groups is 2. The highest BCUT2D eigenvalue weighted by Crippen LogP contribution is 2.29. The van der Waals surface area contributed by atoms with Crippen LogP contribution in [0.2, 0.25) is 0 Å². The van der Waals surface area contributed by atoms with Gasteiger partial charge in [0.05, 0.1) is 74.0 Å². The molecule has 4 atom stereocenters. The fraction of sp³-hybridized carbons (Fsp3) is 0.564. The zero-order valence-electron chi connectivity index (χ0n) is 44.3. The van der Waals surface area contributed by atoms with Gasteiger partial charge in [-0.3, -0.25) is 33.8 Å². The van der Waals surface area contributed by atoms with Gasteiger partial charge in [-0.2, -0.15) is 0 Å². The Morgan fingerprint density at radius 3 is 2.22 bits per heavy atom. The first-order valence-electron chi connectivity index (χ1n) is 26.5. The third-order valence-electron chi connectivity index (χ3n) is 13.8. The van der Waals surface area contributed by atoms with E-state index in [2.05, 4.69) is 64.2 Å². The summed E-state index contributed by atoms with van der Waals surface area (Å²) in [4.78, 5) is 85.4. The number of likely N-dealkylation sites (tertiary alicyclic amines) is 2. The van der Waals surface area contributed by atoms with Gasteiger partial charge in [0, 0.05) is 90.7 Å². The van der Waals surface area contributed by atoms with E-state index in [1.54, 1.807) is 17.4 Å². The highest BCUT2D eigenvalue weighted by atomic mass is 32.1. The first-order valence-corrected chi connectivity index (χ1v) is 27.3. The Morgan fingerprint density at radius 2 is 1.53 bits per heavy atom. The van der Waals surface area contributed by atoms with Crippen LogP contribution in [0.3, 0.4) is 0 Å². The minimum absolute atomic E-state index is 0.00849. The zero-order chi connectivity index (χ0) is 54.0. The van der Waals surface area contributed by atoms with Gasteiger partial charge in [-0.05, 0) is 47.4 Å². The topological polar surface area (TPSA) is 250 Å². The predicted molar refractivity (Wildman–Crippen MR) is 287 cm³/mol. The molecule has 0 unspecified atom stereocenters. The molecule has 5 heterocycles. The largest absolute Gasteiger partial charge is 0.392 e. The summed E-state index contributed by atoms with van der Waals surface area (Å²) in [5.41, 5.74) is 7.00. The Morgan fingerprint density at radius 1 is 0.829 bits per heavy atom. The molecule has 412 valence electrons. The lowest BCUT2D eigenvalue weighted by Gasteiger charge is -2.39. The van der Waals surface area contributed by atoms with Crippen LogP contribution in [0, 0.1) is 12.3 Å². The first-order chi connectivity index (χ1) is 36.6. The van der Waals surface area contributed by atoms with E-state index in [4.69, 9.17) is 14.2 Å². The van der Waals surface area contributed by atoms with E-state index in [0.717, 1.165) is 54.3 Å². The second-order valence-electron chi connectivity index (χ2n) is 20.9. The van der Waals surface area contributed by atoms with Gasteiger partial charge >= 0.3 is 0 Å². The number of aliphatic hydroxyl groups excluding tert-OH is 2. The van der Waals surface area contributed by atoms with Crippen LogP contribution in [-0.2, 0) is 52.9 Å². The Hall–Kier alpha value is -5.78. The van der Waals surface area contributed by atoms with Crippen LogP contribution in [0.1, 0.15) is 85.7 Å². The summed E-state index contributed by atoms with van der Waals surface area (Å²) in [6, 6.07) is 16.2. The highest BCUT2D eigenvalue weighted by Gasteiger charge is 2.44. The number of β-amino-alcohol motifs (C(OH)–C–C–N with tert-alkyl or cyclic N) is 2. The number of fused-ring (bicyclic) bond motifs is 1. The van der Waals surface area contributed by atoms with Crippen LogP contribution < -0.4 is 21.3 Å². The molecule has 2 aromatic heterocycles. The number of anilines is 1. The quantitative estimate of drug-likeness (QED) is 0.0338. The van der Waals surface area contributed by atoms with Gasteiger partial charge in [-0.25, -0.2) is 15.0 Å². The van der Waals surface area contributed by atoms with Crippen molar-refractivity contribution in [3.63, 3.8) is 0 Å². The number of ether oxygens (including phenoxy) is 3. The van der Waals surface area contributed by atoms with Gasteiger partial charge in [0.15, 0.2) is 5.78 Å². The molecule has 2 aromatic carbocycles. The number of hydrogen-bond donors (Lipinski definition) is 6. The smallest absolute Gasteiger partial charge is 0.246 e. The predicted octanol–water partition coefficient (Wildman–Crippen LogP) is 3.14.